The molecule has 1 aliphatic rings. The first-order valence-corrected chi connectivity index (χ1v) is 7.77. The first-order valence-electron chi connectivity index (χ1n) is 7.77. The van der Waals surface area contributed by atoms with Gasteiger partial charge in [-0.1, -0.05) is 19.1 Å². The minimum atomic E-state index is 0.255. The van der Waals surface area contributed by atoms with Crippen molar-refractivity contribution in [1.82, 2.24) is 10.2 Å². The van der Waals surface area contributed by atoms with Gasteiger partial charge in [-0.05, 0) is 49.5 Å². The van der Waals surface area contributed by atoms with Crippen molar-refractivity contribution in [3.05, 3.63) is 35.4 Å². The molecule has 4 nitrogen and oxygen atoms in total. The van der Waals surface area contributed by atoms with Crippen molar-refractivity contribution in [3.63, 3.8) is 0 Å². The zero-order valence-electron chi connectivity index (χ0n) is 12.8. The van der Waals surface area contributed by atoms with Crippen LogP contribution in [0.15, 0.2) is 24.3 Å². The summed E-state index contributed by atoms with van der Waals surface area (Å²) in [6.07, 6.45) is 2.32. The summed E-state index contributed by atoms with van der Waals surface area (Å²) in [4.78, 5) is 2.47. The Balaban J connectivity index is 1.72. The highest BCUT2D eigenvalue weighted by Crippen LogP contribution is 2.14. The average Bonchev–Trinajstić information content (AvgIpc) is 2.54. The Kier molecular flexibility index (Phi) is 6.19. The van der Waals surface area contributed by atoms with E-state index in [1.807, 2.05) is 24.3 Å². The number of hydrogen-bond acceptors (Lipinski definition) is 4. The molecule has 114 valence electrons. The van der Waals surface area contributed by atoms with E-state index in [1.54, 1.807) is 0 Å². The SMILES string of the molecule is CC(CO)CNC1CCN(Cc2ccc(C#N)cc2)CC1. The molecule has 0 amide bonds. The van der Waals surface area contributed by atoms with E-state index in [0.717, 1.165) is 44.6 Å². The molecule has 0 aliphatic carbocycles. The lowest BCUT2D eigenvalue weighted by Crippen LogP contribution is -2.43. The molecule has 2 N–H and O–H groups in total. The van der Waals surface area contributed by atoms with E-state index >= 15 is 0 Å². The molecule has 1 aromatic rings. The van der Waals surface area contributed by atoms with Crippen molar-refractivity contribution >= 4 is 0 Å². The fourth-order valence-corrected chi connectivity index (χ4v) is 2.67. The number of aliphatic hydroxyl groups excluding tert-OH is 1. The van der Waals surface area contributed by atoms with Gasteiger partial charge in [0.25, 0.3) is 0 Å². The van der Waals surface area contributed by atoms with Crippen LogP contribution in [0.5, 0.6) is 0 Å². The number of benzene rings is 1. The molecule has 4 heteroatoms. The highest BCUT2D eigenvalue weighted by molar-refractivity contribution is 5.31. The van der Waals surface area contributed by atoms with Crippen LogP contribution in [0, 0.1) is 17.2 Å². The molecule has 1 heterocycles. The van der Waals surface area contributed by atoms with Gasteiger partial charge in [-0.3, -0.25) is 4.90 Å². The van der Waals surface area contributed by atoms with Gasteiger partial charge in [-0.15, -0.1) is 0 Å². The molecule has 1 unspecified atom stereocenters. The summed E-state index contributed by atoms with van der Waals surface area (Å²) in [5.74, 6) is 0.335. The van der Waals surface area contributed by atoms with Crippen LogP contribution in [-0.4, -0.2) is 42.3 Å². The largest absolute Gasteiger partial charge is 0.396 e. The minimum absolute atomic E-state index is 0.255. The van der Waals surface area contributed by atoms with Crippen molar-refractivity contribution in [3.8, 4) is 6.07 Å². The van der Waals surface area contributed by atoms with Crippen molar-refractivity contribution < 1.29 is 5.11 Å². The lowest BCUT2D eigenvalue weighted by Gasteiger charge is -2.33. The summed E-state index contributed by atoms with van der Waals surface area (Å²) in [7, 11) is 0. The molecular formula is C17H25N3O. The maximum absolute atomic E-state index is 9.04. The van der Waals surface area contributed by atoms with Crippen LogP contribution in [-0.2, 0) is 6.54 Å². The van der Waals surface area contributed by atoms with Gasteiger partial charge in [0.1, 0.15) is 0 Å². The zero-order chi connectivity index (χ0) is 15.1. The van der Waals surface area contributed by atoms with Crippen LogP contribution >= 0.6 is 0 Å². The normalized spacial score (nSPS) is 18.3. The second-order valence-electron chi connectivity index (χ2n) is 6.06. The maximum Gasteiger partial charge on any atom is 0.0991 e. The van der Waals surface area contributed by atoms with Gasteiger partial charge in [-0.2, -0.15) is 5.26 Å². The van der Waals surface area contributed by atoms with Crippen LogP contribution in [0.3, 0.4) is 0 Å². The number of nitriles is 1. The summed E-state index contributed by atoms with van der Waals surface area (Å²) in [5, 5.41) is 21.4. The van der Waals surface area contributed by atoms with E-state index in [4.69, 9.17) is 10.4 Å². The molecular weight excluding hydrogens is 262 g/mol. The van der Waals surface area contributed by atoms with E-state index in [-0.39, 0.29) is 6.61 Å². The highest BCUT2D eigenvalue weighted by Gasteiger charge is 2.19. The van der Waals surface area contributed by atoms with Crippen LogP contribution in [0.2, 0.25) is 0 Å². The highest BCUT2D eigenvalue weighted by atomic mass is 16.3. The van der Waals surface area contributed by atoms with Crippen molar-refractivity contribution in [2.24, 2.45) is 5.92 Å². The van der Waals surface area contributed by atoms with Gasteiger partial charge in [0, 0.05) is 25.7 Å². The Labute approximate surface area is 127 Å². The molecule has 1 atom stereocenters. The molecule has 0 spiro atoms. The predicted octanol–water partition coefficient (Wildman–Crippen LogP) is 1.74. The van der Waals surface area contributed by atoms with Crippen LogP contribution in [0.25, 0.3) is 0 Å². The first kappa shape index (κ1) is 16.0. The number of aliphatic hydroxyl groups is 1. The third kappa shape index (κ3) is 5.13. The molecule has 1 aromatic carbocycles. The number of likely N-dealkylation sites (tertiary alicyclic amines) is 1. The standard InChI is InChI=1S/C17H25N3O/c1-14(13-21)11-19-17-6-8-20(9-7-17)12-16-4-2-15(10-18)3-5-16/h2-5,14,17,19,21H,6-9,11-13H2,1H3. The van der Waals surface area contributed by atoms with Crippen LogP contribution < -0.4 is 5.32 Å². The van der Waals surface area contributed by atoms with Gasteiger partial charge >= 0.3 is 0 Å². The third-order valence-corrected chi connectivity index (χ3v) is 4.14. The first-order chi connectivity index (χ1) is 10.2. The molecule has 0 aromatic heterocycles. The summed E-state index contributed by atoms with van der Waals surface area (Å²) < 4.78 is 0. The number of hydrogen-bond donors (Lipinski definition) is 2. The molecule has 21 heavy (non-hydrogen) atoms. The molecule has 0 radical (unpaired) electrons. The Hall–Kier alpha value is -1.41. The number of rotatable bonds is 6. The Morgan fingerprint density at radius 2 is 2.00 bits per heavy atom. The summed E-state index contributed by atoms with van der Waals surface area (Å²) in [5.41, 5.74) is 1.99. The van der Waals surface area contributed by atoms with Crippen molar-refractivity contribution in [2.75, 3.05) is 26.2 Å². The minimum Gasteiger partial charge on any atom is -0.396 e. The predicted molar refractivity (Wildman–Crippen MR) is 83.7 cm³/mol. The molecule has 1 fully saturated rings. The molecule has 2 rings (SSSR count). The van der Waals surface area contributed by atoms with Crippen LogP contribution in [0.1, 0.15) is 30.9 Å². The Morgan fingerprint density at radius 1 is 1.33 bits per heavy atom. The summed E-state index contributed by atoms with van der Waals surface area (Å²) in [6.45, 7) is 6.39. The van der Waals surface area contributed by atoms with Gasteiger partial charge < -0.3 is 10.4 Å². The molecule has 0 saturated carbocycles. The topological polar surface area (TPSA) is 59.3 Å². The lowest BCUT2D eigenvalue weighted by atomic mass is 10.0. The summed E-state index contributed by atoms with van der Waals surface area (Å²) in [6, 6.07) is 10.6. The lowest BCUT2D eigenvalue weighted by molar-refractivity contribution is 0.180. The number of nitrogens with zero attached hydrogens (tertiary/aromatic N) is 2. The van der Waals surface area contributed by atoms with E-state index in [1.165, 1.54) is 5.56 Å². The Morgan fingerprint density at radius 3 is 2.57 bits per heavy atom. The smallest absolute Gasteiger partial charge is 0.0991 e. The zero-order valence-corrected chi connectivity index (χ0v) is 12.8. The fraction of sp³-hybridized carbons (Fsp3) is 0.588. The van der Waals surface area contributed by atoms with Crippen molar-refractivity contribution in [2.45, 2.75) is 32.4 Å². The molecule has 1 saturated heterocycles. The van der Waals surface area contributed by atoms with E-state index in [0.29, 0.717) is 12.0 Å². The summed E-state index contributed by atoms with van der Waals surface area (Å²) >= 11 is 0. The van der Waals surface area contributed by atoms with Gasteiger partial charge in [0.15, 0.2) is 0 Å². The fourth-order valence-electron chi connectivity index (χ4n) is 2.67. The Bertz CT molecular complexity index is 458. The third-order valence-electron chi connectivity index (χ3n) is 4.14. The van der Waals surface area contributed by atoms with Gasteiger partial charge in [0.05, 0.1) is 11.6 Å². The van der Waals surface area contributed by atoms with E-state index in [2.05, 4.69) is 23.2 Å². The van der Waals surface area contributed by atoms with E-state index in [9.17, 15) is 0 Å². The second-order valence-corrected chi connectivity index (χ2v) is 6.06. The van der Waals surface area contributed by atoms with E-state index < -0.39 is 0 Å². The monoisotopic (exact) mass is 287 g/mol. The number of piperidine rings is 1. The van der Waals surface area contributed by atoms with Gasteiger partial charge in [0.2, 0.25) is 0 Å². The maximum atomic E-state index is 9.04. The second kappa shape index (κ2) is 8.14. The number of nitrogens with one attached hydrogen (secondary N) is 1. The van der Waals surface area contributed by atoms with Crippen molar-refractivity contribution in [1.29, 1.82) is 5.26 Å². The molecule has 1 aliphatic heterocycles. The quantitative estimate of drug-likeness (QED) is 0.837. The van der Waals surface area contributed by atoms with Gasteiger partial charge in [-0.25, -0.2) is 0 Å². The average molecular weight is 287 g/mol. The van der Waals surface area contributed by atoms with Crippen LogP contribution in [0.4, 0.5) is 0 Å². The molecule has 0 bridgehead atoms.